The van der Waals surface area contributed by atoms with Crippen molar-refractivity contribution in [1.82, 2.24) is 0 Å². The van der Waals surface area contributed by atoms with Gasteiger partial charge in [0.05, 0.1) is 34.4 Å². The molecular formula is C62H102NO8+. The van der Waals surface area contributed by atoms with E-state index in [1.54, 1.807) is 0 Å². The van der Waals surface area contributed by atoms with Gasteiger partial charge in [0.1, 0.15) is 13.2 Å². The van der Waals surface area contributed by atoms with Gasteiger partial charge in [-0.2, -0.15) is 0 Å². The van der Waals surface area contributed by atoms with Crippen molar-refractivity contribution in [3.63, 3.8) is 0 Å². The van der Waals surface area contributed by atoms with Crippen molar-refractivity contribution in [1.29, 1.82) is 0 Å². The average molecular weight is 989 g/mol. The Labute approximate surface area is 434 Å². The number of allylic oxidation sites excluding steroid dienone is 20. The van der Waals surface area contributed by atoms with Crippen molar-refractivity contribution in [2.45, 2.75) is 206 Å². The molecule has 0 heterocycles. The summed E-state index contributed by atoms with van der Waals surface area (Å²) in [4.78, 5) is 37.3. The Morgan fingerprint density at radius 3 is 1.20 bits per heavy atom. The quantitative estimate of drug-likeness (QED) is 0.0211. The summed E-state index contributed by atoms with van der Waals surface area (Å²) in [7, 11) is 5.94. The van der Waals surface area contributed by atoms with E-state index >= 15 is 0 Å². The number of carbonyl (C=O) groups excluding carboxylic acids is 2. The molecule has 0 saturated carbocycles. The largest absolute Gasteiger partial charge is 0.477 e. The first kappa shape index (κ1) is 66.7. The molecule has 0 fully saturated rings. The highest BCUT2D eigenvalue weighted by molar-refractivity contribution is 5.71. The second kappa shape index (κ2) is 52.0. The summed E-state index contributed by atoms with van der Waals surface area (Å²) >= 11 is 0. The number of hydrogen-bond acceptors (Lipinski definition) is 7. The SMILES string of the molecule is CC/C=C\C/C=C\C/C=C\C/C=C\C/C=C\C/C=C\C/C=C\C/C=C\CCCCCCCCC(=O)OC(COC(=O)CCCCCCC/C=C\C/C=C\CCCCC)COC(OCC[N+](C)(C)C)C(=O)O. The summed E-state index contributed by atoms with van der Waals surface area (Å²) in [5.74, 6) is -2.06. The second-order valence-electron chi connectivity index (χ2n) is 19.2. The minimum Gasteiger partial charge on any atom is -0.477 e. The summed E-state index contributed by atoms with van der Waals surface area (Å²) in [6.45, 7) is 4.67. The maximum atomic E-state index is 12.9. The number of likely N-dealkylation sites (N-methyl/N-ethyl adjacent to an activating group) is 1. The predicted molar refractivity (Wildman–Crippen MR) is 299 cm³/mol. The van der Waals surface area contributed by atoms with E-state index in [-0.39, 0.29) is 38.6 Å². The summed E-state index contributed by atoms with van der Waals surface area (Å²) in [5.41, 5.74) is 0. The number of hydrogen-bond donors (Lipinski definition) is 1. The zero-order chi connectivity index (χ0) is 52.0. The first-order chi connectivity index (χ1) is 34.6. The molecule has 0 rings (SSSR count). The predicted octanol–water partition coefficient (Wildman–Crippen LogP) is 16.1. The molecule has 0 aromatic carbocycles. The fourth-order valence-electron chi connectivity index (χ4n) is 6.94. The van der Waals surface area contributed by atoms with E-state index in [1.165, 1.54) is 25.7 Å². The first-order valence-electron chi connectivity index (χ1n) is 27.7. The summed E-state index contributed by atoms with van der Waals surface area (Å²) < 4.78 is 22.8. The van der Waals surface area contributed by atoms with Crippen LogP contribution in [0, 0.1) is 0 Å². The Hall–Kier alpha value is -4.31. The topological polar surface area (TPSA) is 108 Å². The van der Waals surface area contributed by atoms with Gasteiger partial charge in [-0.05, 0) is 109 Å². The monoisotopic (exact) mass is 989 g/mol. The second-order valence-corrected chi connectivity index (χ2v) is 19.2. The van der Waals surface area contributed by atoms with Crippen molar-refractivity contribution < 1.29 is 42.9 Å². The average Bonchev–Trinajstić information content (AvgIpc) is 3.34. The van der Waals surface area contributed by atoms with Gasteiger partial charge in [-0.25, -0.2) is 4.79 Å². The van der Waals surface area contributed by atoms with Gasteiger partial charge in [-0.15, -0.1) is 0 Å². The fraction of sp³-hybridized carbons (Fsp3) is 0.629. The normalized spacial score (nSPS) is 13.8. The van der Waals surface area contributed by atoms with Crippen LogP contribution in [0.25, 0.3) is 0 Å². The molecule has 2 atom stereocenters. The molecule has 0 bridgehead atoms. The van der Waals surface area contributed by atoms with E-state index in [2.05, 4.69) is 135 Å². The number of carbonyl (C=O) groups is 3. The zero-order valence-electron chi connectivity index (χ0n) is 45.6. The summed E-state index contributed by atoms with van der Waals surface area (Å²) in [6, 6.07) is 0. The van der Waals surface area contributed by atoms with Crippen LogP contribution >= 0.6 is 0 Å². The van der Waals surface area contributed by atoms with Crippen LogP contribution in [0.2, 0.25) is 0 Å². The Morgan fingerprint density at radius 1 is 0.437 bits per heavy atom. The third-order valence-electron chi connectivity index (χ3n) is 11.2. The molecule has 0 amide bonds. The Balaban J connectivity index is 4.33. The van der Waals surface area contributed by atoms with Gasteiger partial charge in [0.2, 0.25) is 0 Å². The molecule has 71 heavy (non-hydrogen) atoms. The Kier molecular flexibility index (Phi) is 48.9. The van der Waals surface area contributed by atoms with Crippen LogP contribution in [0.5, 0.6) is 0 Å². The van der Waals surface area contributed by atoms with Crippen LogP contribution in [-0.2, 0) is 33.3 Å². The van der Waals surface area contributed by atoms with E-state index in [9.17, 15) is 19.5 Å². The van der Waals surface area contributed by atoms with Crippen molar-refractivity contribution in [3.8, 4) is 0 Å². The number of rotatable bonds is 49. The van der Waals surface area contributed by atoms with Crippen LogP contribution in [0.1, 0.15) is 194 Å². The van der Waals surface area contributed by atoms with Gasteiger partial charge in [0.25, 0.3) is 6.29 Å². The Morgan fingerprint density at radius 2 is 0.803 bits per heavy atom. The number of quaternary nitrogens is 1. The van der Waals surface area contributed by atoms with E-state index in [4.69, 9.17) is 18.9 Å². The first-order valence-corrected chi connectivity index (χ1v) is 27.7. The van der Waals surface area contributed by atoms with E-state index in [0.717, 1.165) is 135 Å². The molecule has 0 aromatic rings. The van der Waals surface area contributed by atoms with Gasteiger partial charge in [0.15, 0.2) is 6.10 Å². The van der Waals surface area contributed by atoms with Gasteiger partial charge >= 0.3 is 17.9 Å². The maximum Gasteiger partial charge on any atom is 0.361 e. The molecule has 0 aromatic heterocycles. The molecule has 0 aliphatic carbocycles. The molecular weight excluding hydrogens is 887 g/mol. The number of aliphatic carboxylic acids is 1. The number of nitrogens with zero attached hydrogens (tertiary/aromatic N) is 1. The highest BCUT2D eigenvalue weighted by atomic mass is 16.7. The standard InChI is InChI=1S/C62H101NO8/c1-6-8-10-12-14-16-18-20-22-23-24-25-26-27-28-29-30-31-32-33-34-35-36-37-39-41-43-45-47-49-51-53-60(65)71-58(57-70-62(61(66)67)68-55-54-63(3,4)5)56-69-59(64)52-50-48-46-44-42-40-38-21-19-17-15-13-11-9-7-2/h8,10,14-17,20-22,24-25,27-28,30-31,33-34,36-38,58,62H,6-7,9,11-13,18-19,23,26,29,32,35,39-57H2,1-5H3/p+1/b10-8-,16-14-,17-15-,22-20-,25-24-,28-27-,31-30-,34-33-,37-36-,38-21-. The van der Waals surface area contributed by atoms with Crippen LogP contribution < -0.4 is 0 Å². The molecule has 1 N–H and O–H groups in total. The molecule has 0 aliphatic heterocycles. The molecule has 402 valence electrons. The van der Waals surface area contributed by atoms with Crippen LogP contribution in [-0.4, -0.2) is 87.4 Å². The van der Waals surface area contributed by atoms with Crippen molar-refractivity contribution >= 4 is 17.9 Å². The van der Waals surface area contributed by atoms with Gasteiger partial charge in [0, 0.05) is 12.8 Å². The number of carboxylic acid groups (broad SMARTS) is 1. The minimum atomic E-state index is -1.52. The van der Waals surface area contributed by atoms with Gasteiger partial charge in [-0.3, -0.25) is 9.59 Å². The lowest BCUT2D eigenvalue weighted by Gasteiger charge is -2.25. The molecule has 0 saturated heterocycles. The molecule has 9 heteroatoms. The highest BCUT2D eigenvalue weighted by Gasteiger charge is 2.25. The van der Waals surface area contributed by atoms with E-state index in [1.807, 2.05) is 21.1 Å². The van der Waals surface area contributed by atoms with Crippen molar-refractivity contribution in [2.75, 3.05) is 47.5 Å². The molecule has 0 aliphatic rings. The van der Waals surface area contributed by atoms with E-state index < -0.39 is 24.3 Å². The smallest absolute Gasteiger partial charge is 0.361 e. The lowest BCUT2D eigenvalue weighted by molar-refractivity contribution is -0.870. The van der Waals surface area contributed by atoms with Crippen molar-refractivity contribution in [2.24, 2.45) is 0 Å². The summed E-state index contributed by atoms with van der Waals surface area (Å²) in [5, 5.41) is 9.68. The highest BCUT2D eigenvalue weighted by Crippen LogP contribution is 2.13. The third-order valence-corrected chi connectivity index (χ3v) is 11.2. The lowest BCUT2D eigenvalue weighted by atomic mass is 10.1. The van der Waals surface area contributed by atoms with E-state index in [0.29, 0.717) is 17.4 Å². The van der Waals surface area contributed by atoms with Crippen molar-refractivity contribution in [3.05, 3.63) is 122 Å². The van der Waals surface area contributed by atoms with Crippen LogP contribution in [0.3, 0.4) is 0 Å². The van der Waals surface area contributed by atoms with Crippen LogP contribution in [0.15, 0.2) is 122 Å². The van der Waals surface area contributed by atoms with Gasteiger partial charge < -0.3 is 28.5 Å². The molecule has 2 unspecified atom stereocenters. The van der Waals surface area contributed by atoms with Crippen LogP contribution in [0.4, 0.5) is 0 Å². The number of carboxylic acids is 1. The summed E-state index contributed by atoms with van der Waals surface area (Å²) in [6.07, 6.45) is 69.8. The lowest BCUT2D eigenvalue weighted by Crippen LogP contribution is -2.40. The number of unbranched alkanes of at least 4 members (excludes halogenated alkanes) is 14. The van der Waals surface area contributed by atoms with Gasteiger partial charge in [-0.1, -0.05) is 193 Å². The fourth-order valence-corrected chi connectivity index (χ4v) is 6.94. The molecule has 9 nitrogen and oxygen atoms in total. The maximum absolute atomic E-state index is 12.9. The zero-order valence-corrected chi connectivity index (χ0v) is 45.6. The molecule has 0 spiro atoms. The minimum absolute atomic E-state index is 0.175. The molecule has 0 radical (unpaired) electrons. The number of esters is 2. The number of ether oxygens (including phenoxy) is 4. The third kappa shape index (κ3) is 53.3. The Bertz CT molecular complexity index is 1570.